The van der Waals surface area contributed by atoms with E-state index in [1.807, 2.05) is 12.1 Å². The third-order valence-electron chi connectivity index (χ3n) is 8.51. The fourth-order valence-electron chi connectivity index (χ4n) is 7.41. The fourth-order valence-corrected chi connectivity index (χ4v) is 7.82. The zero-order chi connectivity index (χ0) is 22.8. The number of aromatic nitrogens is 2. The number of methoxy groups -OCH3 is 1. The zero-order valence-electron chi connectivity index (χ0n) is 19.2. The van der Waals surface area contributed by atoms with Crippen molar-refractivity contribution < 1.29 is 13.2 Å². The number of nitrogens with zero attached hydrogens (tertiary/aromatic N) is 3. The molecule has 4 saturated carbocycles. The first-order chi connectivity index (χ1) is 15.8. The Kier molecular flexibility index (Phi) is 5.08. The summed E-state index contributed by atoms with van der Waals surface area (Å²) in [6, 6.07) is 6.09. The van der Waals surface area contributed by atoms with Crippen molar-refractivity contribution in [3.63, 3.8) is 0 Å². The quantitative estimate of drug-likeness (QED) is 0.642. The van der Waals surface area contributed by atoms with Gasteiger partial charge in [-0.2, -0.15) is 8.42 Å². The third kappa shape index (κ3) is 3.98. The molecule has 5 aliphatic rings. The van der Waals surface area contributed by atoms with Gasteiger partial charge in [0.05, 0.1) is 12.6 Å². The Morgan fingerprint density at radius 1 is 1.12 bits per heavy atom. The lowest BCUT2D eigenvalue weighted by atomic mass is 9.49. The molecule has 2 aromatic rings. The van der Waals surface area contributed by atoms with E-state index in [-0.39, 0.29) is 5.41 Å². The van der Waals surface area contributed by atoms with Crippen LogP contribution in [0.25, 0.3) is 10.9 Å². The van der Waals surface area contributed by atoms with E-state index in [2.05, 4.69) is 15.7 Å². The van der Waals surface area contributed by atoms with Crippen molar-refractivity contribution in [1.29, 1.82) is 0 Å². The van der Waals surface area contributed by atoms with Crippen LogP contribution in [0.15, 0.2) is 18.2 Å². The van der Waals surface area contributed by atoms with Crippen molar-refractivity contribution >= 4 is 26.9 Å². The van der Waals surface area contributed by atoms with Crippen molar-refractivity contribution in [3.8, 4) is 5.75 Å². The number of nitrogens with one attached hydrogen (secondary N) is 1. The van der Waals surface area contributed by atoms with Gasteiger partial charge in [-0.25, -0.2) is 19.8 Å². The molecule has 5 fully saturated rings. The molecular weight excluding hydrogens is 438 g/mol. The Bertz CT molecular complexity index is 1140. The van der Waals surface area contributed by atoms with E-state index < -0.39 is 10.2 Å². The maximum atomic E-state index is 11.1. The van der Waals surface area contributed by atoms with Crippen LogP contribution in [0.1, 0.15) is 50.8 Å². The normalized spacial score (nSPS) is 31.2. The van der Waals surface area contributed by atoms with Gasteiger partial charge < -0.3 is 9.64 Å². The summed E-state index contributed by atoms with van der Waals surface area (Å²) in [7, 11) is -1.94. The summed E-state index contributed by atoms with van der Waals surface area (Å²) in [5, 5.41) is 6.11. The van der Waals surface area contributed by atoms with Gasteiger partial charge in [-0.15, -0.1) is 0 Å². The Labute approximate surface area is 195 Å². The van der Waals surface area contributed by atoms with Crippen molar-refractivity contribution in [2.45, 2.75) is 50.4 Å². The number of fused-ring (bicyclic) bond motifs is 1. The van der Waals surface area contributed by atoms with E-state index in [9.17, 15) is 8.42 Å². The second-order valence-electron chi connectivity index (χ2n) is 11.0. The van der Waals surface area contributed by atoms with Gasteiger partial charge in [0.15, 0.2) is 0 Å². The number of hydrogen-bond donors (Lipinski definition) is 2. The van der Waals surface area contributed by atoms with Crippen LogP contribution in [0.2, 0.25) is 0 Å². The largest absolute Gasteiger partial charge is 0.497 e. The highest BCUT2D eigenvalue weighted by Gasteiger charge is 2.53. The third-order valence-corrected chi connectivity index (χ3v) is 9.12. The maximum absolute atomic E-state index is 11.1. The molecule has 3 N–H and O–H groups in total. The molecule has 8 nitrogen and oxygen atoms in total. The molecule has 33 heavy (non-hydrogen) atoms. The number of hydrogen-bond acceptors (Lipinski definition) is 6. The summed E-state index contributed by atoms with van der Waals surface area (Å²) in [6.45, 7) is 2.10. The smallest absolute Gasteiger partial charge is 0.274 e. The van der Waals surface area contributed by atoms with Gasteiger partial charge in [0.1, 0.15) is 17.4 Å². The first-order valence-electron chi connectivity index (χ1n) is 12.2. The van der Waals surface area contributed by atoms with Crippen LogP contribution < -0.4 is 19.5 Å². The fraction of sp³-hybridized carbons (Fsp3) is 0.667. The highest BCUT2D eigenvalue weighted by Crippen LogP contribution is 2.60. The lowest BCUT2D eigenvalue weighted by Gasteiger charge is -2.56. The van der Waals surface area contributed by atoms with Crippen LogP contribution in [0, 0.1) is 23.7 Å². The molecule has 2 heterocycles. The molecule has 0 atom stereocenters. The van der Waals surface area contributed by atoms with E-state index in [1.165, 1.54) is 38.5 Å². The van der Waals surface area contributed by atoms with Crippen LogP contribution in [0.4, 0.5) is 5.82 Å². The molecule has 0 amide bonds. The first kappa shape index (κ1) is 21.6. The number of benzene rings is 1. The monoisotopic (exact) mass is 471 g/mol. The Balaban J connectivity index is 1.30. The molecule has 1 saturated heterocycles. The van der Waals surface area contributed by atoms with E-state index in [0.717, 1.165) is 65.6 Å². The summed E-state index contributed by atoms with van der Waals surface area (Å²) in [5.41, 5.74) is 1.09. The number of rotatable bonds is 7. The second-order valence-corrected chi connectivity index (χ2v) is 12.3. The minimum absolute atomic E-state index is 0.129. The Morgan fingerprint density at radius 2 is 1.79 bits per heavy atom. The van der Waals surface area contributed by atoms with Crippen molar-refractivity contribution in [2.75, 3.05) is 31.6 Å². The van der Waals surface area contributed by atoms with Crippen LogP contribution in [0.5, 0.6) is 5.75 Å². The molecule has 4 bridgehead atoms. The minimum Gasteiger partial charge on any atom is -0.497 e. The van der Waals surface area contributed by atoms with Gasteiger partial charge >= 0.3 is 0 Å². The molecule has 9 heteroatoms. The molecular formula is C24H33N5O3S. The standard InChI is InChI=1S/C24H33N5O3S/c1-32-19-2-3-20-21(9-19)27-23(24-10-16-6-17(11-24)8-18(7-16)12-24)28-22(20)29-13-15(14-29)4-5-26-33(25,30)31/h2-3,9,15-18,26H,4-8,10-14H2,1H3,(H2,25,30,31). The molecule has 1 aromatic carbocycles. The Morgan fingerprint density at radius 3 is 2.39 bits per heavy atom. The van der Waals surface area contributed by atoms with E-state index >= 15 is 0 Å². The van der Waals surface area contributed by atoms with Gasteiger partial charge in [0.2, 0.25) is 0 Å². The van der Waals surface area contributed by atoms with Crippen LogP contribution in [0.3, 0.4) is 0 Å². The summed E-state index contributed by atoms with van der Waals surface area (Å²) >= 11 is 0. The van der Waals surface area contributed by atoms with Gasteiger partial charge in [0, 0.05) is 36.5 Å². The predicted octanol–water partition coefficient (Wildman–Crippen LogP) is 2.73. The molecule has 1 aromatic heterocycles. The van der Waals surface area contributed by atoms with Crippen molar-refractivity contribution in [2.24, 2.45) is 28.8 Å². The lowest BCUT2D eigenvalue weighted by Crippen LogP contribution is -2.50. The highest BCUT2D eigenvalue weighted by atomic mass is 32.2. The van der Waals surface area contributed by atoms with Crippen LogP contribution in [-0.2, 0) is 15.6 Å². The summed E-state index contributed by atoms with van der Waals surface area (Å²) < 4.78 is 30.2. The van der Waals surface area contributed by atoms with Crippen molar-refractivity contribution in [3.05, 3.63) is 24.0 Å². The summed E-state index contributed by atoms with van der Waals surface area (Å²) in [4.78, 5) is 12.7. The molecule has 1 aliphatic heterocycles. The van der Waals surface area contributed by atoms with E-state index in [0.29, 0.717) is 12.5 Å². The van der Waals surface area contributed by atoms with Crippen molar-refractivity contribution in [1.82, 2.24) is 14.7 Å². The first-order valence-corrected chi connectivity index (χ1v) is 13.7. The van der Waals surface area contributed by atoms with Gasteiger partial charge in [0.25, 0.3) is 10.2 Å². The van der Waals surface area contributed by atoms with Gasteiger partial charge in [-0.3, -0.25) is 0 Å². The minimum atomic E-state index is -3.63. The number of nitrogens with two attached hydrogens (primary N) is 1. The number of anilines is 1. The molecule has 0 unspecified atom stereocenters. The Hall–Kier alpha value is -1.97. The molecule has 0 radical (unpaired) electrons. The average molecular weight is 472 g/mol. The molecule has 7 rings (SSSR count). The zero-order valence-corrected chi connectivity index (χ0v) is 20.0. The molecule has 178 valence electrons. The second kappa shape index (κ2) is 7.78. The maximum Gasteiger partial charge on any atom is 0.274 e. The van der Waals surface area contributed by atoms with Gasteiger partial charge in [-0.05, 0) is 80.8 Å². The summed E-state index contributed by atoms with van der Waals surface area (Å²) in [5.74, 6) is 5.81. The lowest BCUT2D eigenvalue weighted by molar-refractivity contribution is -0.00921. The summed E-state index contributed by atoms with van der Waals surface area (Å²) in [6.07, 6.45) is 8.66. The van der Waals surface area contributed by atoms with Gasteiger partial charge in [-0.1, -0.05) is 0 Å². The topological polar surface area (TPSA) is 110 Å². The molecule has 0 spiro atoms. The predicted molar refractivity (Wildman–Crippen MR) is 127 cm³/mol. The van der Waals surface area contributed by atoms with E-state index in [4.69, 9.17) is 19.8 Å². The molecule has 4 aliphatic carbocycles. The van der Waals surface area contributed by atoms with Crippen LogP contribution in [-0.4, -0.2) is 45.1 Å². The number of ether oxygens (including phenoxy) is 1. The van der Waals surface area contributed by atoms with E-state index in [1.54, 1.807) is 7.11 Å². The highest BCUT2D eigenvalue weighted by molar-refractivity contribution is 7.87. The SMILES string of the molecule is COc1ccc2c(N3CC(CCNS(N)(=O)=O)C3)nc(C34CC5CC(CC(C5)C3)C4)nc2c1. The average Bonchev–Trinajstić information content (AvgIpc) is 2.72. The van der Waals surface area contributed by atoms with Crippen LogP contribution >= 0.6 is 0 Å².